The molecule has 2 aliphatic heterocycles. The summed E-state index contributed by atoms with van der Waals surface area (Å²) in [6.07, 6.45) is 2.67. The molecule has 1 N–H and O–H groups in total. The topological polar surface area (TPSA) is 66.5 Å². The fraction of sp³-hybridized carbons (Fsp3) is 0.250. The number of hydrogen-bond acceptors (Lipinski definition) is 3. The largest absolute Gasteiger partial charge is 0.325 e. The van der Waals surface area contributed by atoms with Crippen molar-refractivity contribution in [1.82, 2.24) is 4.31 Å². The predicted octanol–water partition coefficient (Wildman–Crippen LogP) is 3.22. The second-order valence-corrected chi connectivity index (χ2v) is 8.61. The fourth-order valence-corrected chi connectivity index (χ4v) is 4.90. The van der Waals surface area contributed by atoms with Crippen molar-refractivity contribution < 1.29 is 13.2 Å². The molecule has 2 aromatic carbocycles. The molecule has 0 spiro atoms. The SMILES string of the molecule is C[C@H]1C(=O)Nc2ccc(S(=O)(=O)N3CC=C(c4ccccc4)CC3)cc21. The third kappa shape index (κ3) is 2.85. The molecule has 0 radical (unpaired) electrons. The highest BCUT2D eigenvalue weighted by molar-refractivity contribution is 7.89. The maximum Gasteiger partial charge on any atom is 0.243 e. The number of amides is 1. The van der Waals surface area contributed by atoms with E-state index >= 15 is 0 Å². The maximum atomic E-state index is 13.0. The van der Waals surface area contributed by atoms with Crippen molar-refractivity contribution in [2.45, 2.75) is 24.2 Å². The van der Waals surface area contributed by atoms with Crippen LogP contribution in [0.4, 0.5) is 5.69 Å². The molecule has 5 nitrogen and oxygen atoms in total. The summed E-state index contributed by atoms with van der Waals surface area (Å²) in [5.74, 6) is -0.422. The molecule has 0 saturated heterocycles. The average Bonchev–Trinajstić information content (AvgIpc) is 2.96. The first-order valence-corrected chi connectivity index (χ1v) is 10.1. The van der Waals surface area contributed by atoms with Gasteiger partial charge in [0.2, 0.25) is 15.9 Å². The minimum absolute atomic E-state index is 0.0945. The molecule has 0 aliphatic carbocycles. The maximum absolute atomic E-state index is 13.0. The quantitative estimate of drug-likeness (QED) is 0.905. The lowest BCUT2D eigenvalue weighted by Crippen LogP contribution is -2.34. The van der Waals surface area contributed by atoms with Crippen LogP contribution in [0.2, 0.25) is 0 Å². The fourth-order valence-electron chi connectivity index (χ4n) is 3.49. The molecule has 2 heterocycles. The van der Waals surface area contributed by atoms with Gasteiger partial charge >= 0.3 is 0 Å². The van der Waals surface area contributed by atoms with Crippen LogP contribution in [0.3, 0.4) is 0 Å². The zero-order valence-corrected chi connectivity index (χ0v) is 15.3. The van der Waals surface area contributed by atoms with Crippen molar-refractivity contribution in [2.75, 3.05) is 18.4 Å². The summed E-state index contributed by atoms with van der Waals surface area (Å²) < 4.78 is 27.5. The molecule has 0 unspecified atom stereocenters. The van der Waals surface area contributed by atoms with Crippen molar-refractivity contribution >= 4 is 27.2 Å². The summed E-state index contributed by atoms with van der Waals surface area (Å²) in [6, 6.07) is 14.9. The molecule has 2 aromatic rings. The van der Waals surface area contributed by atoms with Crippen LogP contribution in [0.25, 0.3) is 5.57 Å². The molecular weight excluding hydrogens is 348 g/mol. The van der Waals surface area contributed by atoms with Gasteiger partial charge in [0.25, 0.3) is 0 Å². The number of nitrogens with one attached hydrogen (secondary N) is 1. The van der Waals surface area contributed by atoms with Crippen LogP contribution < -0.4 is 5.32 Å². The number of anilines is 1. The molecule has 0 bridgehead atoms. The van der Waals surface area contributed by atoms with Crippen molar-refractivity contribution in [2.24, 2.45) is 0 Å². The Morgan fingerprint density at radius 2 is 1.88 bits per heavy atom. The normalized spacial score (nSPS) is 20.4. The van der Waals surface area contributed by atoms with E-state index in [4.69, 9.17) is 0 Å². The van der Waals surface area contributed by atoms with Gasteiger partial charge in [-0.15, -0.1) is 0 Å². The van der Waals surface area contributed by atoms with Crippen molar-refractivity contribution in [3.8, 4) is 0 Å². The lowest BCUT2D eigenvalue weighted by atomic mass is 10.0. The summed E-state index contributed by atoms with van der Waals surface area (Å²) in [5, 5.41) is 2.77. The third-order valence-electron chi connectivity index (χ3n) is 5.09. The van der Waals surface area contributed by atoms with E-state index in [9.17, 15) is 13.2 Å². The Bertz CT molecular complexity index is 997. The molecule has 4 rings (SSSR count). The molecule has 1 atom stereocenters. The van der Waals surface area contributed by atoms with Gasteiger partial charge < -0.3 is 5.32 Å². The van der Waals surface area contributed by atoms with Gasteiger partial charge in [0.1, 0.15) is 0 Å². The zero-order valence-electron chi connectivity index (χ0n) is 14.5. The van der Waals surface area contributed by atoms with Crippen LogP contribution in [0.15, 0.2) is 59.5 Å². The third-order valence-corrected chi connectivity index (χ3v) is 6.96. The van der Waals surface area contributed by atoms with Crippen LogP contribution in [0, 0.1) is 0 Å². The Hall–Kier alpha value is -2.44. The van der Waals surface area contributed by atoms with E-state index in [1.165, 1.54) is 9.88 Å². The Morgan fingerprint density at radius 1 is 1.12 bits per heavy atom. The van der Waals surface area contributed by atoms with Gasteiger partial charge in [0.15, 0.2) is 0 Å². The minimum Gasteiger partial charge on any atom is -0.325 e. The molecule has 2 aliphatic rings. The lowest BCUT2D eigenvalue weighted by molar-refractivity contribution is -0.116. The van der Waals surface area contributed by atoms with E-state index in [0.717, 1.165) is 11.1 Å². The molecule has 6 heteroatoms. The van der Waals surface area contributed by atoms with Crippen LogP contribution in [0.5, 0.6) is 0 Å². The van der Waals surface area contributed by atoms with Gasteiger partial charge in [-0.25, -0.2) is 8.42 Å². The first-order valence-electron chi connectivity index (χ1n) is 8.66. The zero-order chi connectivity index (χ0) is 18.3. The van der Waals surface area contributed by atoms with E-state index in [1.54, 1.807) is 25.1 Å². The molecule has 1 amide bonds. The second kappa shape index (κ2) is 6.37. The molecule has 0 aromatic heterocycles. The number of benzene rings is 2. The van der Waals surface area contributed by atoms with Gasteiger partial charge in [0, 0.05) is 18.8 Å². The van der Waals surface area contributed by atoms with Gasteiger partial charge in [-0.2, -0.15) is 4.31 Å². The summed E-state index contributed by atoms with van der Waals surface area (Å²) in [6.45, 7) is 2.59. The first kappa shape index (κ1) is 17.0. The standard InChI is InChI=1S/C20H20N2O3S/c1-14-18-13-17(7-8-19(18)21-20(14)23)26(24,25)22-11-9-16(10-12-22)15-5-3-2-4-6-15/h2-9,13-14H,10-12H2,1H3,(H,21,23)/t14-/m1/s1. The van der Waals surface area contributed by atoms with Crippen molar-refractivity contribution in [3.05, 3.63) is 65.7 Å². The minimum atomic E-state index is -3.58. The Labute approximate surface area is 153 Å². The smallest absolute Gasteiger partial charge is 0.243 e. The predicted molar refractivity (Wildman–Crippen MR) is 101 cm³/mol. The molecule has 0 fully saturated rings. The van der Waals surface area contributed by atoms with E-state index in [2.05, 4.69) is 5.32 Å². The average molecular weight is 368 g/mol. The molecule has 26 heavy (non-hydrogen) atoms. The highest BCUT2D eigenvalue weighted by Crippen LogP contribution is 2.35. The first-order chi connectivity index (χ1) is 12.5. The number of nitrogens with zero attached hydrogens (tertiary/aromatic N) is 1. The molecule has 134 valence electrons. The van der Waals surface area contributed by atoms with E-state index < -0.39 is 10.0 Å². The van der Waals surface area contributed by atoms with Crippen molar-refractivity contribution in [3.63, 3.8) is 0 Å². The second-order valence-electron chi connectivity index (χ2n) is 6.67. The van der Waals surface area contributed by atoms with Crippen molar-refractivity contribution in [1.29, 1.82) is 0 Å². The van der Waals surface area contributed by atoms with Crippen LogP contribution in [-0.4, -0.2) is 31.7 Å². The van der Waals surface area contributed by atoms with E-state index in [0.29, 0.717) is 25.2 Å². The number of sulfonamides is 1. The monoisotopic (exact) mass is 368 g/mol. The highest BCUT2D eigenvalue weighted by Gasteiger charge is 2.31. The summed E-state index contributed by atoms with van der Waals surface area (Å²) in [7, 11) is -3.58. The van der Waals surface area contributed by atoms with Gasteiger partial charge in [-0.05, 0) is 48.2 Å². The number of rotatable bonds is 3. The van der Waals surface area contributed by atoms with E-state index in [1.807, 2.05) is 36.4 Å². The Morgan fingerprint density at radius 3 is 2.58 bits per heavy atom. The summed E-state index contributed by atoms with van der Waals surface area (Å²) in [4.78, 5) is 12.0. The Kier molecular flexibility index (Phi) is 4.17. The highest BCUT2D eigenvalue weighted by atomic mass is 32.2. The van der Waals surface area contributed by atoms with Gasteiger partial charge in [0.05, 0.1) is 10.8 Å². The number of hydrogen-bond donors (Lipinski definition) is 1. The molecule has 0 saturated carbocycles. The number of carbonyl (C=O) groups excluding carboxylic acids is 1. The molecular formula is C20H20N2O3S. The lowest BCUT2D eigenvalue weighted by Gasteiger charge is -2.26. The summed E-state index contributed by atoms with van der Waals surface area (Å²) >= 11 is 0. The van der Waals surface area contributed by atoms with Crippen LogP contribution in [0.1, 0.15) is 30.4 Å². The number of fused-ring (bicyclic) bond motifs is 1. The van der Waals surface area contributed by atoms with Crippen LogP contribution in [-0.2, 0) is 14.8 Å². The van der Waals surface area contributed by atoms with Crippen LogP contribution >= 0.6 is 0 Å². The van der Waals surface area contributed by atoms with Gasteiger partial charge in [-0.1, -0.05) is 36.4 Å². The van der Waals surface area contributed by atoms with E-state index in [-0.39, 0.29) is 16.7 Å². The summed E-state index contributed by atoms with van der Waals surface area (Å²) in [5.41, 5.74) is 3.76. The van der Waals surface area contributed by atoms with Gasteiger partial charge in [-0.3, -0.25) is 4.79 Å². The number of carbonyl (C=O) groups is 1. The Balaban J connectivity index is 1.59.